The third kappa shape index (κ3) is 5.87. The summed E-state index contributed by atoms with van der Waals surface area (Å²) in [4.78, 5) is 25.6. The number of nitrogens with zero attached hydrogens (tertiary/aromatic N) is 1. The Morgan fingerprint density at radius 2 is 1.62 bits per heavy atom. The van der Waals surface area contributed by atoms with Crippen LogP contribution in [0.4, 0.5) is 29.3 Å². The Morgan fingerprint density at radius 3 is 2.17 bits per heavy atom. The van der Waals surface area contributed by atoms with Gasteiger partial charge in [0.15, 0.2) is 0 Å². The Bertz CT molecular complexity index is 922. The Labute approximate surface area is 171 Å². The second-order valence-electron chi connectivity index (χ2n) is 6.80. The lowest BCUT2D eigenvalue weighted by atomic mass is 10.1. The summed E-state index contributed by atoms with van der Waals surface area (Å²) in [6, 6.07) is 6.17. The second kappa shape index (κ2) is 8.73. The first-order valence-corrected chi connectivity index (χ1v) is 9.03. The Kier molecular flexibility index (Phi) is 6.79. The molecule has 2 rings (SSSR count). The minimum atomic E-state index is -4.65. The van der Waals surface area contributed by atoms with Crippen LogP contribution in [0.2, 0.25) is 5.02 Å². The minimum Gasteiger partial charge on any atom is -0.324 e. The number of carbonyl (C=O) groups is 2. The fraction of sp³-hybridized carbons (Fsp3) is 0.300. The second-order valence-corrected chi connectivity index (χ2v) is 7.21. The molecule has 0 aliphatic carbocycles. The van der Waals surface area contributed by atoms with Crippen molar-refractivity contribution in [2.75, 3.05) is 24.2 Å². The van der Waals surface area contributed by atoms with Crippen molar-refractivity contribution in [1.29, 1.82) is 0 Å². The number of amides is 3. The number of benzene rings is 2. The lowest BCUT2D eigenvalue weighted by Crippen LogP contribution is -2.37. The van der Waals surface area contributed by atoms with Gasteiger partial charge in [0.1, 0.15) is 6.54 Å². The van der Waals surface area contributed by atoms with E-state index in [9.17, 15) is 22.8 Å². The van der Waals surface area contributed by atoms with E-state index in [0.717, 1.165) is 33.7 Å². The van der Waals surface area contributed by atoms with Gasteiger partial charge in [-0.05, 0) is 50.1 Å². The van der Waals surface area contributed by atoms with Crippen molar-refractivity contribution < 1.29 is 22.8 Å². The molecule has 156 valence electrons. The van der Waals surface area contributed by atoms with Crippen LogP contribution in [-0.4, -0.2) is 30.4 Å². The van der Waals surface area contributed by atoms with E-state index in [2.05, 4.69) is 10.6 Å². The number of hydrogen-bond donors (Lipinski definition) is 2. The molecule has 29 heavy (non-hydrogen) atoms. The predicted octanol–water partition coefficient (Wildman–Crippen LogP) is 5.39. The van der Waals surface area contributed by atoms with Crippen LogP contribution in [0.5, 0.6) is 0 Å². The number of carbonyl (C=O) groups excluding carboxylic acids is 2. The van der Waals surface area contributed by atoms with Gasteiger partial charge in [-0.25, -0.2) is 4.79 Å². The molecule has 9 heteroatoms. The Morgan fingerprint density at radius 1 is 1.03 bits per heavy atom. The van der Waals surface area contributed by atoms with Gasteiger partial charge in [-0.3, -0.25) is 4.79 Å². The van der Waals surface area contributed by atoms with Crippen LogP contribution < -0.4 is 10.6 Å². The van der Waals surface area contributed by atoms with Gasteiger partial charge in [0.05, 0.1) is 10.6 Å². The van der Waals surface area contributed by atoms with Gasteiger partial charge in [0.25, 0.3) is 0 Å². The number of halogens is 4. The molecule has 0 fully saturated rings. The molecule has 0 aromatic heterocycles. The van der Waals surface area contributed by atoms with Crippen molar-refractivity contribution in [3.8, 4) is 0 Å². The molecular formula is C20H21ClF3N3O2. The number of urea groups is 1. The largest absolute Gasteiger partial charge is 0.417 e. The molecule has 2 N–H and O–H groups in total. The molecular weight excluding hydrogens is 407 g/mol. The highest BCUT2D eigenvalue weighted by molar-refractivity contribution is 6.31. The van der Waals surface area contributed by atoms with Crippen LogP contribution in [0.25, 0.3) is 0 Å². The summed E-state index contributed by atoms with van der Waals surface area (Å²) in [6.07, 6.45) is -4.65. The van der Waals surface area contributed by atoms with Crippen LogP contribution in [0.1, 0.15) is 22.3 Å². The smallest absolute Gasteiger partial charge is 0.324 e. The molecule has 0 spiro atoms. The van der Waals surface area contributed by atoms with Crippen molar-refractivity contribution in [2.24, 2.45) is 0 Å². The monoisotopic (exact) mass is 427 g/mol. The highest BCUT2D eigenvalue weighted by Crippen LogP contribution is 2.36. The third-order valence-corrected chi connectivity index (χ3v) is 4.52. The molecule has 5 nitrogen and oxygen atoms in total. The standard InChI is InChI=1S/C20H21ClF3N3O2/c1-11-7-12(2)18(13(3)8-11)26-17(28)10-27(4)19(29)25-14-5-6-16(21)15(9-14)20(22,23)24/h5-9H,10H2,1-4H3,(H,25,29)(H,26,28). The summed E-state index contributed by atoms with van der Waals surface area (Å²) in [7, 11) is 1.37. The van der Waals surface area contributed by atoms with E-state index < -0.39 is 28.7 Å². The van der Waals surface area contributed by atoms with E-state index in [1.54, 1.807) is 0 Å². The zero-order valence-electron chi connectivity index (χ0n) is 16.4. The quantitative estimate of drug-likeness (QED) is 0.687. The van der Waals surface area contributed by atoms with E-state index in [1.165, 1.54) is 13.1 Å². The van der Waals surface area contributed by atoms with Crippen molar-refractivity contribution in [3.63, 3.8) is 0 Å². The molecule has 0 heterocycles. The van der Waals surface area contributed by atoms with Crippen LogP contribution >= 0.6 is 11.6 Å². The van der Waals surface area contributed by atoms with Crippen molar-refractivity contribution in [2.45, 2.75) is 26.9 Å². The summed E-state index contributed by atoms with van der Waals surface area (Å²) in [5.41, 5.74) is 2.39. The molecule has 0 unspecified atom stereocenters. The first kappa shape index (κ1) is 22.5. The van der Waals surface area contributed by atoms with Crippen molar-refractivity contribution >= 4 is 34.9 Å². The van der Waals surface area contributed by atoms with Crippen LogP contribution in [0.3, 0.4) is 0 Å². The van der Waals surface area contributed by atoms with Gasteiger partial charge in [-0.2, -0.15) is 13.2 Å². The molecule has 0 radical (unpaired) electrons. The lowest BCUT2D eigenvalue weighted by Gasteiger charge is -2.19. The molecule has 2 aromatic rings. The van der Waals surface area contributed by atoms with E-state index in [0.29, 0.717) is 5.69 Å². The fourth-order valence-electron chi connectivity index (χ4n) is 2.88. The highest BCUT2D eigenvalue weighted by Gasteiger charge is 2.33. The van der Waals surface area contributed by atoms with E-state index in [-0.39, 0.29) is 12.2 Å². The van der Waals surface area contributed by atoms with E-state index >= 15 is 0 Å². The maximum Gasteiger partial charge on any atom is 0.417 e. The number of rotatable bonds is 4. The van der Waals surface area contributed by atoms with Crippen LogP contribution in [0, 0.1) is 20.8 Å². The summed E-state index contributed by atoms with van der Waals surface area (Å²) >= 11 is 5.56. The average Bonchev–Trinajstić information content (AvgIpc) is 2.58. The lowest BCUT2D eigenvalue weighted by molar-refractivity contribution is -0.137. The van der Waals surface area contributed by atoms with Gasteiger partial charge in [0, 0.05) is 18.4 Å². The maximum absolute atomic E-state index is 12.9. The molecule has 0 saturated carbocycles. The van der Waals surface area contributed by atoms with Gasteiger partial charge in [-0.15, -0.1) is 0 Å². The predicted molar refractivity (Wildman–Crippen MR) is 107 cm³/mol. The highest BCUT2D eigenvalue weighted by atomic mass is 35.5. The topological polar surface area (TPSA) is 61.4 Å². The van der Waals surface area contributed by atoms with Crippen LogP contribution in [0.15, 0.2) is 30.3 Å². The molecule has 0 bridgehead atoms. The number of aryl methyl sites for hydroxylation is 3. The number of hydrogen-bond acceptors (Lipinski definition) is 2. The minimum absolute atomic E-state index is 0.0794. The zero-order valence-corrected chi connectivity index (χ0v) is 17.1. The SMILES string of the molecule is Cc1cc(C)c(NC(=O)CN(C)C(=O)Nc2ccc(Cl)c(C(F)(F)F)c2)c(C)c1. The normalized spacial score (nSPS) is 11.2. The molecule has 2 aromatic carbocycles. The summed E-state index contributed by atoms with van der Waals surface area (Å²) in [6.45, 7) is 5.40. The van der Waals surface area contributed by atoms with E-state index in [4.69, 9.17) is 11.6 Å². The number of likely N-dealkylation sites (N-methyl/N-ethyl adjacent to an activating group) is 1. The molecule has 0 atom stereocenters. The zero-order chi connectivity index (χ0) is 21.9. The summed E-state index contributed by atoms with van der Waals surface area (Å²) < 4.78 is 38.8. The van der Waals surface area contributed by atoms with E-state index in [1.807, 2.05) is 32.9 Å². The fourth-order valence-corrected chi connectivity index (χ4v) is 3.11. The maximum atomic E-state index is 12.9. The number of anilines is 2. The van der Waals surface area contributed by atoms with Crippen molar-refractivity contribution in [3.05, 3.63) is 57.6 Å². The Hall–Kier alpha value is -2.74. The number of alkyl halides is 3. The molecule has 0 aliphatic heterocycles. The van der Waals surface area contributed by atoms with Gasteiger partial charge >= 0.3 is 12.2 Å². The summed E-state index contributed by atoms with van der Waals surface area (Å²) in [5.74, 6) is -0.426. The third-order valence-electron chi connectivity index (χ3n) is 4.19. The molecule has 0 saturated heterocycles. The van der Waals surface area contributed by atoms with Crippen LogP contribution in [-0.2, 0) is 11.0 Å². The van der Waals surface area contributed by atoms with Crippen molar-refractivity contribution in [1.82, 2.24) is 4.90 Å². The Balaban J connectivity index is 2.03. The average molecular weight is 428 g/mol. The van der Waals surface area contributed by atoms with Gasteiger partial charge < -0.3 is 15.5 Å². The number of nitrogens with one attached hydrogen (secondary N) is 2. The first-order chi connectivity index (χ1) is 13.4. The van der Waals surface area contributed by atoms with Gasteiger partial charge in [-0.1, -0.05) is 29.3 Å². The first-order valence-electron chi connectivity index (χ1n) is 8.65. The van der Waals surface area contributed by atoms with Gasteiger partial charge in [0.2, 0.25) is 5.91 Å². The summed E-state index contributed by atoms with van der Waals surface area (Å²) in [5, 5.41) is 4.63. The molecule has 0 aliphatic rings. The molecule has 3 amide bonds.